The highest BCUT2D eigenvalue weighted by atomic mass is 16.1. The average molecular weight is 304 g/mol. The summed E-state index contributed by atoms with van der Waals surface area (Å²) in [7, 11) is 0. The Morgan fingerprint density at radius 2 is 2.05 bits per heavy atom. The van der Waals surface area contributed by atoms with Crippen molar-refractivity contribution in [2.75, 3.05) is 6.54 Å². The second-order valence-electron chi connectivity index (χ2n) is 6.39. The highest BCUT2D eigenvalue weighted by Gasteiger charge is 2.15. The normalized spacial score (nSPS) is 12.1. The summed E-state index contributed by atoms with van der Waals surface area (Å²) in [4.78, 5) is 16.4. The molecule has 5 nitrogen and oxygen atoms in total. The number of nitrogens with one attached hydrogen (secondary N) is 2. The highest BCUT2D eigenvalue weighted by Crippen LogP contribution is 2.09. The summed E-state index contributed by atoms with van der Waals surface area (Å²) >= 11 is 0. The standard InChI is InChI=1S/C17H28N4O/c1-5-6-10-19-16(18)20-12-13-8-7-9-14(11-13)15(22)21-17(2,3)4/h7-9,11H,5-6,10,12H2,1-4H3,(H,21,22)(H3,18,19,20). The molecular weight excluding hydrogens is 276 g/mol. The molecule has 0 spiro atoms. The Kier molecular flexibility index (Phi) is 6.89. The second kappa shape index (κ2) is 8.41. The molecular formula is C17H28N4O. The van der Waals surface area contributed by atoms with Crippen LogP contribution in [0.4, 0.5) is 0 Å². The van der Waals surface area contributed by atoms with E-state index in [0.717, 1.165) is 24.9 Å². The van der Waals surface area contributed by atoms with Crippen LogP contribution in [0.25, 0.3) is 0 Å². The van der Waals surface area contributed by atoms with Crippen LogP contribution in [-0.4, -0.2) is 24.0 Å². The lowest BCUT2D eigenvalue weighted by molar-refractivity contribution is 0.0919. The SMILES string of the molecule is CCCCNC(N)=NCc1cccc(C(=O)NC(C)(C)C)c1. The topological polar surface area (TPSA) is 79.5 Å². The maximum atomic E-state index is 12.1. The van der Waals surface area contributed by atoms with Crippen LogP contribution >= 0.6 is 0 Å². The van der Waals surface area contributed by atoms with Gasteiger partial charge in [0, 0.05) is 17.6 Å². The number of hydrogen-bond acceptors (Lipinski definition) is 2. The van der Waals surface area contributed by atoms with E-state index in [1.54, 1.807) is 6.07 Å². The first-order chi connectivity index (χ1) is 10.3. The Bertz CT molecular complexity index is 518. The zero-order chi connectivity index (χ0) is 16.6. The van der Waals surface area contributed by atoms with Crippen molar-refractivity contribution in [2.24, 2.45) is 10.7 Å². The molecule has 5 heteroatoms. The van der Waals surface area contributed by atoms with E-state index in [1.165, 1.54) is 0 Å². The third-order valence-corrected chi connectivity index (χ3v) is 2.95. The second-order valence-corrected chi connectivity index (χ2v) is 6.39. The van der Waals surface area contributed by atoms with Gasteiger partial charge in [-0.2, -0.15) is 0 Å². The molecule has 1 rings (SSSR count). The highest BCUT2D eigenvalue weighted by molar-refractivity contribution is 5.94. The monoisotopic (exact) mass is 304 g/mol. The molecule has 0 fully saturated rings. The minimum Gasteiger partial charge on any atom is -0.370 e. The van der Waals surface area contributed by atoms with Crippen molar-refractivity contribution in [3.8, 4) is 0 Å². The van der Waals surface area contributed by atoms with Gasteiger partial charge in [-0.05, 0) is 44.9 Å². The molecule has 1 aromatic rings. The summed E-state index contributed by atoms with van der Waals surface area (Å²) in [5.41, 5.74) is 7.15. The zero-order valence-electron chi connectivity index (χ0n) is 14.1. The molecule has 0 atom stereocenters. The van der Waals surface area contributed by atoms with E-state index >= 15 is 0 Å². The summed E-state index contributed by atoms with van der Waals surface area (Å²) in [6, 6.07) is 7.46. The average Bonchev–Trinajstić information content (AvgIpc) is 2.44. The quantitative estimate of drug-likeness (QED) is 0.429. The van der Waals surface area contributed by atoms with Crippen molar-refractivity contribution in [2.45, 2.75) is 52.6 Å². The molecule has 1 aromatic carbocycles. The van der Waals surface area contributed by atoms with Gasteiger partial charge in [-0.15, -0.1) is 0 Å². The van der Waals surface area contributed by atoms with Crippen molar-refractivity contribution in [3.63, 3.8) is 0 Å². The molecule has 0 aliphatic carbocycles. The Labute approximate surface area is 133 Å². The van der Waals surface area contributed by atoms with Crippen LogP contribution in [0.3, 0.4) is 0 Å². The number of carbonyl (C=O) groups is 1. The Hall–Kier alpha value is -2.04. The van der Waals surface area contributed by atoms with Gasteiger partial charge in [0.25, 0.3) is 5.91 Å². The van der Waals surface area contributed by atoms with Gasteiger partial charge in [0.15, 0.2) is 5.96 Å². The molecule has 0 saturated carbocycles. The van der Waals surface area contributed by atoms with E-state index in [4.69, 9.17) is 5.73 Å². The summed E-state index contributed by atoms with van der Waals surface area (Å²) in [6.07, 6.45) is 2.18. The van der Waals surface area contributed by atoms with E-state index < -0.39 is 0 Å². The van der Waals surface area contributed by atoms with Crippen molar-refractivity contribution in [1.82, 2.24) is 10.6 Å². The summed E-state index contributed by atoms with van der Waals surface area (Å²) < 4.78 is 0. The smallest absolute Gasteiger partial charge is 0.251 e. The fourth-order valence-electron chi connectivity index (χ4n) is 1.85. The number of aliphatic imine (C=N–C) groups is 1. The number of unbranched alkanes of at least 4 members (excludes halogenated alkanes) is 1. The predicted molar refractivity (Wildman–Crippen MR) is 91.9 cm³/mol. The van der Waals surface area contributed by atoms with Crippen LogP contribution in [0.5, 0.6) is 0 Å². The first-order valence-corrected chi connectivity index (χ1v) is 7.77. The van der Waals surface area contributed by atoms with Crippen molar-refractivity contribution in [3.05, 3.63) is 35.4 Å². The van der Waals surface area contributed by atoms with Gasteiger partial charge in [0.05, 0.1) is 6.54 Å². The van der Waals surface area contributed by atoms with Crippen molar-refractivity contribution >= 4 is 11.9 Å². The molecule has 122 valence electrons. The largest absolute Gasteiger partial charge is 0.370 e. The zero-order valence-corrected chi connectivity index (χ0v) is 14.1. The summed E-state index contributed by atoms with van der Waals surface area (Å²) in [5, 5.41) is 6.02. The Balaban J connectivity index is 2.64. The predicted octanol–water partition coefficient (Wildman–Crippen LogP) is 2.42. The summed E-state index contributed by atoms with van der Waals surface area (Å²) in [5.74, 6) is 0.366. The molecule has 0 heterocycles. The molecule has 0 aliphatic rings. The molecule has 0 radical (unpaired) electrons. The first kappa shape index (κ1) is 18.0. The number of benzene rings is 1. The van der Waals surface area contributed by atoms with Gasteiger partial charge in [0.1, 0.15) is 0 Å². The number of amides is 1. The van der Waals surface area contributed by atoms with Gasteiger partial charge in [-0.25, -0.2) is 4.99 Å². The maximum absolute atomic E-state index is 12.1. The number of hydrogen-bond donors (Lipinski definition) is 3. The van der Waals surface area contributed by atoms with Gasteiger partial charge >= 0.3 is 0 Å². The number of nitrogens with two attached hydrogens (primary N) is 1. The van der Waals surface area contributed by atoms with Gasteiger partial charge < -0.3 is 16.4 Å². The molecule has 0 aromatic heterocycles. The number of guanidine groups is 1. The van der Waals surface area contributed by atoms with Crippen LogP contribution in [0.1, 0.15) is 56.5 Å². The van der Waals surface area contributed by atoms with Crippen LogP contribution in [0.15, 0.2) is 29.3 Å². The van der Waals surface area contributed by atoms with Crippen LogP contribution in [-0.2, 0) is 6.54 Å². The van der Waals surface area contributed by atoms with Crippen molar-refractivity contribution in [1.29, 1.82) is 0 Å². The third kappa shape index (κ3) is 7.11. The Morgan fingerprint density at radius 3 is 2.68 bits per heavy atom. The maximum Gasteiger partial charge on any atom is 0.251 e. The minimum absolute atomic E-state index is 0.0765. The van der Waals surface area contributed by atoms with Crippen LogP contribution in [0.2, 0.25) is 0 Å². The molecule has 22 heavy (non-hydrogen) atoms. The fraction of sp³-hybridized carbons (Fsp3) is 0.529. The number of carbonyl (C=O) groups excluding carboxylic acids is 1. The summed E-state index contributed by atoms with van der Waals surface area (Å²) in [6.45, 7) is 9.30. The molecule has 0 unspecified atom stereocenters. The van der Waals surface area contributed by atoms with E-state index in [2.05, 4.69) is 22.5 Å². The van der Waals surface area contributed by atoms with E-state index in [-0.39, 0.29) is 11.4 Å². The van der Waals surface area contributed by atoms with Gasteiger partial charge in [-0.3, -0.25) is 4.79 Å². The lowest BCUT2D eigenvalue weighted by Crippen LogP contribution is -2.40. The van der Waals surface area contributed by atoms with Crippen molar-refractivity contribution < 1.29 is 4.79 Å². The molecule has 0 saturated heterocycles. The lowest BCUT2D eigenvalue weighted by Gasteiger charge is -2.20. The number of nitrogens with zero attached hydrogens (tertiary/aromatic N) is 1. The fourth-order valence-corrected chi connectivity index (χ4v) is 1.85. The molecule has 4 N–H and O–H groups in total. The first-order valence-electron chi connectivity index (χ1n) is 7.77. The number of rotatable bonds is 6. The minimum atomic E-state index is -0.251. The van der Waals surface area contributed by atoms with E-state index in [0.29, 0.717) is 18.1 Å². The van der Waals surface area contributed by atoms with Gasteiger partial charge in [-0.1, -0.05) is 25.5 Å². The molecule has 1 amide bonds. The Morgan fingerprint density at radius 1 is 1.32 bits per heavy atom. The van der Waals surface area contributed by atoms with Crippen LogP contribution in [0, 0.1) is 0 Å². The lowest BCUT2D eigenvalue weighted by atomic mass is 10.1. The molecule has 0 aliphatic heterocycles. The van der Waals surface area contributed by atoms with Gasteiger partial charge in [0.2, 0.25) is 0 Å². The van der Waals surface area contributed by atoms with E-state index in [1.807, 2.05) is 39.0 Å². The third-order valence-electron chi connectivity index (χ3n) is 2.95. The van der Waals surface area contributed by atoms with E-state index in [9.17, 15) is 4.79 Å². The van der Waals surface area contributed by atoms with Crippen LogP contribution < -0.4 is 16.4 Å². The molecule has 0 bridgehead atoms.